The molecule has 0 saturated carbocycles. The molecule has 1 amide bonds. The number of benzene rings is 2. The molecular weight excluding hydrogens is 559 g/mol. The second-order valence-electron chi connectivity index (χ2n) is 9.41. The molecule has 0 aliphatic heterocycles. The molecule has 1 aromatic heterocycles. The SMILES string of the molecule is CC(C)CCOC(C)(C)CNSc1ccc(Nc2ncc(Br)c(Nc3cccc(F)c3C(N)=O)n2)cc1. The summed E-state index contributed by atoms with van der Waals surface area (Å²) in [7, 11) is 0. The second kappa shape index (κ2) is 13.2. The third-order valence-corrected chi connectivity index (χ3v) is 6.62. The van der Waals surface area contributed by atoms with Gasteiger partial charge in [-0.2, -0.15) is 4.98 Å². The van der Waals surface area contributed by atoms with Crippen molar-refractivity contribution in [3.63, 3.8) is 0 Å². The zero-order valence-electron chi connectivity index (χ0n) is 21.3. The van der Waals surface area contributed by atoms with E-state index in [2.05, 4.69) is 68.9 Å². The third kappa shape index (κ3) is 8.96. The van der Waals surface area contributed by atoms with E-state index in [1.807, 2.05) is 24.3 Å². The Kier molecular flexibility index (Phi) is 10.3. The van der Waals surface area contributed by atoms with Crippen molar-refractivity contribution in [1.82, 2.24) is 14.7 Å². The van der Waals surface area contributed by atoms with Crippen molar-refractivity contribution in [2.75, 3.05) is 23.8 Å². The van der Waals surface area contributed by atoms with E-state index in [0.717, 1.165) is 23.6 Å². The summed E-state index contributed by atoms with van der Waals surface area (Å²) in [5.74, 6) is -0.296. The van der Waals surface area contributed by atoms with E-state index in [1.165, 1.54) is 24.1 Å². The van der Waals surface area contributed by atoms with Crippen LogP contribution in [-0.2, 0) is 4.74 Å². The predicted molar refractivity (Wildman–Crippen MR) is 151 cm³/mol. The molecule has 37 heavy (non-hydrogen) atoms. The van der Waals surface area contributed by atoms with E-state index in [9.17, 15) is 9.18 Å². The lowest BCUT2D eigenvalue weighted by molar-refractivity contribution is -0.0170. The first-order valence-electron chi connectivity index (χ1n) is 11.8. The molecule has 0 fully saturated rings. The third-order valence-electron chi connectivity index (χ3n) is 5.24. The smallest absolute Gasteiger partial charge is 0.253 e. The number of primary amides is 1. The topological polar surface area (TPSA) is 114 Å². The number of rotatable bonds is 13. The predicted octanol–water partition coefficient (Wildman–Crippen LogP) is 6.40. The fourth-order valence-electron chi connectivity index (χ4n) is 3.17. The van der Waals surface area contributed by atoms with Gasteiger partial charge in [0.15, 0.2) is 0 Å². The van der Waals surface area contributed by atoms with Crippen LogP contribution in [0, 0.1) is 11.7 Å². The molecule has 5 N–H and O–H groups in total. The zero-order valence-corrected chi connectivity index (χ0v) is 23.7. The van der Waals surface area contributed by atoms with Crippen LogP contribution in [0.5, 0.6) is 0 Å². The molecule has 0 atom stereocenters. The number of amides is 1. The van der Waals surface area contributed by atoms with Crippen LogP contribution >= 0.6 is 27.9 Å². The first kappa shape index (κ1) is 28.8. The van der Waals surface area contributed by atoms with Gasteiger partial charge in [-0.1, -0.05) is 19.9 Å². The van der Waals surface area contributed by atoms with Crippen LogP contribution < -0.4 is 21.1 Å². The van der Waals surface area contributed by atoms with Gasteiger partial charge in [0, 0.05) is 29.9 Å². The normalized spacial score (nSPS) is 11.5. The summed E-state index contributed by atoms with van der Waals surface area (Å²) in [4.78, 5) is 21.5. The van der Waals surface area contributed by atoms with Gasteiger partial charge in [0.05, 0.1) is 21.3 Å². The number of nitrogens with zero attached hydrogens (tertiary/aromatic N) is 2. The molecule has 0 aliphatic rings. The summed E-state index contributed by atoms with van der Waals surface area (Å²) in [6, 6.07) is 12.0. The zero-order chi connectivity index (χ0) is 27.0. The highest BCUT2D eigenvalue weighted by atomic mass is 79.9. The maximum absolute atomic E-state index is 14.1. The Labute approximate surface area is 229 Å². The van der Waals surface area contributed by atoms with Gasteiger partial charge in [0.2, 0.25) is 5.95 Å². The van der Waals surface area contributed by atoms with Gasteiger partial charge >= 0.3 is 0 Å². The van der Waals surface area contributed by atoms with Gasteiger partial charge in [-0.15, -0.1) is 0 Å². The molecule has 0 saturated heterocycles. The largest absolute Gasteiger partial charge is 0.374 e. The summed E-state index contributed by atoms with van der Waals surface area (Å²) < 4.78 is 24.0. The van der Waals surface area contributed by atoms with Gasteiger partial charge in [-0.05, 0) is 90.5 Å². The van der Waals surface area contributed by atoms with E-state index >= 15 is 0 Å². The molecule has 0 unspecified atom stereocenters. The summed E-state index contributed by atoms with van der Waals surface area (Å²) in [5, 5.41) is 6.10. The van der Waals surface area contributed by atoms with Crippen molar-refractivity contribution in [3.05, 3.63) is 64.5 Å². The highest BCUT2D eigenvalue weighted by Gasteiger charge is 2.18. The van der Waals surface area contributed by atoms with Crippen LogP contribution in [0.4, 0.5) is 27.5 Å². The molecule has 3 rings (SSSR count). The van der Waals surface area contributed by atoms with Gasteiger partial charge < -0.3 is 21.1 Å². The number of aromatic nitrogens is 2. The number of halogens is 2. The van der Waals surface area contributed by atoms with Crippen molar-refractivity contribution < 1.29 is 13.9 Å². The van der Waals surface area contributed by atoms with E-state index in [0.29, 0.717) is 28.7 Å². The fourth-order valence-corrected chi connectivity index (χ4v) is 4.32. The highest BCUT2D eigenvalue weighted by Crippen LogP contribution is 2.28. The van der Waals surface area contributed by atoms with Crippen molar-refractivity contribution in [2.24, 2.45) is 11.7 Å². The maximum Gasteiger partial charge on any atom is 0.253 e. The Morgan fingerprint density at radius 2 is 1.92 bits per heavy atom. The molecule has 8 nitrogen and oxygen atoms in total. The van der Waals surface area contributed by atoms with Crippen LogP contribution in [0.3, 0.4) is 0 Å². The van der Waals surface area contributed by atoms with E-state index in [4.69, 9.17) is 10.5 Å². The molecule has 0 aliphatic carbocycles. The lowest BCUT2D eigenvalue weighted by atomic mass is 10.1. The monoisotopic (exact) mass is 590 g/mol. The number of ether oxygens (including phenoxy) is 1. The van der Waals surface area contributed by atoms with Crippen LogP contribution in [-0.4, -0.2) is 34.6 Å². The van der Waals surface area contributed by atoms with Crippen molar-refractivity contribution >= 4 is 56.9 Å². The average Bonchev–Trinajstić information content (AvgIpc) is 2.81. The number of nitrogens with two attached hydrogens (primary N) is 1. The quantitative estimate of drug-likeness (QED) is 0.169. The van der Waals surface area contributed by atoms with E-state index < -0.39 is 11.7 Å². The fraction of sp³-hybridized carbons (Fsp3) is 0.346. The maximum atomic E-state index is 14.1. The average molecular weight is 592 g/mol. The van der Waals surface area contributed by atoms with Gasteiger partial charge in [0.25, 0.3) is 5.91 Å². The molecule has 0 spiro atoms. The van der Waals surface area contributed by atoms with Gasteiger partial charge in [-0.25, -0.2) is 9.37 Å². The lowest BCUT2D eigenvalue weighted by Crippen LogP contribution is -2.35. The number of carbonyl (C=O) groups is 1. The van der Waals surface area contributed by atoms with E-state index in [1.54, 1.807) is 12.3 Å². The number of hydrogen-bond acceptors (Lipinski definition) is 8. The van der Waals surface area contributed by atoms with Crippen LogP contribution in [0.15, 0.2) is 58.0 Å². The minimum atomic E-state index is -0.876. The van der Waals surface area contributed by atoms with Crippen LogP contribution in [0.2, 0.25) is 0 Å². The number of anilines is 4. The second-order valence-corrected chi connectivity index (χ2v) is 11.2. The molecule has 2 aromatic carbocycles. The summed E-state index contributed by atoms with van der Waals surface area (Å²) >= 11 is 4.92. The molecule has 0 radical (unpaired) electrons. The molecule has 1 heterocycles. The Hall–Kier alpha value is -2.73. The Morgan fingerprint density at radius 1 is 1.19 bits per heavy atom. The summed E-state index contributed by atoms with van der Waals surface area (Å²) in [5.41, 5.74) is 5.85. The lowest BCUT2D eigenvalue weighted by Gasteiger charge is -2.26. The minimum Gasteiger partial charge on any atom is -0.374 e. The Bertz CT molecular complexity index is 1210. The first-order chi connectivity index (χ1) is 17.5. The molecule has 11 heteroatoms. The molecule has 0 bridgehead atoms. The van der Waals surface area contributed by atoms with Crippen molar-refractivity contribution in [2.45, 2.75) is 44.6 Å². The van der Waals surface area contributed by atoms with Crippen molar-refractivity contribution in [1.29, 1.82) is 0 Å². The number of carbonyl (C=O) groups excluding carboxylic acids is 1. The Morgan fingerprint density at radius 3 is 2.59 bits per heavy atom. The van der Waals surface area contributed by atoms with Gasteiger partial charge in [-0.3, -0.25) is 9.52 Å². The standard InChI is InChI=1S/C26H32BrFN6O2S/c1-16(2)12-13-36-26(3,4)15-31-37-18-10-8-17(9-11-18)32-25-30-14-19(27)24(34-25)33-21-7-5-6-20(28)22(21)23(29)35/h5-11,14,16,31H,12-13,15H2,1-4H3,(H2,29,35)(H2,30,32,33,34). The molecular formula is C26H32BrFN6O2S. The van der Waals surface area contributed by atoms with Gasteiger partial charge in [0.1, 0.15) is 11.6 Å². The number of hydrogen-bond donors (Lipinski definition) is 4. The highest BCUT2D eigenvalue weighted by molar-refractivity contribution is 9.10. The molecule has 198 valence electrons. The van der Waals surface area contributed by atoms with Crippen LogP contribution in [0.1, 0.15) is 44.5 Å². The Balaban J connectivity index is 1.59. The first-order valence-corrected chi connectivity index (χ1v) is 13.4. The summed E-state index contributed by atoms with van der Waals surface area (Å²) in [6.07, 6.45) is 2.60. The summed E-state index contributed by atoms with van der Waals surface area (Å²) in [6.45, 7) is 10.0. The van der Waals surface area contributed by atoms with Crippen LogP contribution in [0.25, 0.3) is 0 Å². The minimum absolute atomic E-state index is 0.209. The van der Waals surface area contributed by atoms with Crippen molar-refractivity contribution in [3.8, 4) is 0 Å². The van der Waals surface area contributed by atoms with E-state index in [-0.39, 0.29) is 16.9 Å². The number of nitrogens with one attached hydrogen (secondary N) is 3. The molecule has 3 aromatic rings.